The van der Waals surface area contributed by atoms with E-state index < -0.39 is 17.6 Å². The van der Waals surface area contributed by atoms with E-state index in [0.717, 1.165) is 6.07 Å². The summed E-state index contributed by atoms with van der Waals surface area (Å²) in [6.45, 7) is 0. The van der Waals surface area contributed by atoms with Crippen LogP contribution in [-0.4, -0.2) is 25.1 Å². The number of amidine groups is 1. The van der Waals surface area contributed by atoms with Crippen molar-refractivity contribution in [3.8, 4) is 0 Å². The molecule has 0 radical (unpaired) electrons. The van der Waals surface area contributed by atoms with Gasteiger partial charge in [-0.25, -0.2) is 0 Å². The number of nitrogens with two attached hydrogens (primary N) is 1. The maximum absolute atomic E-state index is 12.8. The summed E-state index contributed by atoms with van der Waals surface area (Å²) in [4.78, 5) is 1.53. The van der Waals surface area contributed by atoms with Crippen LogP contribution in [0.1, 0.15) is 11.1 Å². The molecule has 1 aromatic carbocycles. The highest BCUT2D eigenvalue weighted by Crippen LogP contribution is 2.34. The SMILES string of the molecule is CN(C)c1ccc(/C(N)=N/O)c(C(F)(F)F)c1. The molecule has 0 aliphatic rings. The van der Waals surface area contributed by atoms with Gasteiger partial charge in [-0.2, -0.15) is 13.2 Å². The summed E-state index contributed by atoms with van der Waals surface area (Å²) >= 11 is 0. The molecule has 0 heterocycles. The Morgan fingerprint density at radius 2 is 1.94 bits per heavy atom. The molecule has 0 unspecified atom stereocenters. The van der Waals surface area contributed by atoms with Crippen molar-refractivity contribution in [2.24, 2.45) is 10.9 Å². The first-order valence-corrected chi connectivity index (χ1v) is 4.64. The van der Waals surface area contributed by atoms with Gasteiger partial charge in [-0.1, -0.05) is 5.16 Å². The van der Waals surface area contributed by atoms with E-state index in [9.17, 15) is 13.2 Å². The van der Waals surface area contributed by atoms with Gasteiger partial charge in [0.05, 0.1) is 5.56 Å². The Balaban J connectivity index is 3.43. The minimum absolute atomic E-state index is 0.342. The van der Waals surface area contributed by atoms with Crippen LogP contribution in [0.15, 0.2) is 23.4 Å². The fourth-order valence-corrected chi connectivity index (χ4v) is 1.32. The molecule has 0 atom stereocenters. The number of nitrogens with zero attached hydrogens (tertiary/aromatic N) is 2. The van der Waals surface area contributed by atoms with Gasteiger partial charge in [0.15, 0.2) is 5.84 Å². The first-order valence-electron chi connectivity index (χ1n) is 4.64. The number of anilines is 1. The summed E-state index contributed by atoms with van der Waals surface area (Å²) in [6, 6.07) is 3.59. The van der Waals surface area contributed by atoms with Crippen LogP contribution in [0, 0.1) is 0 Å². The summed E-state index contributed by atoms with van der Waals surface area (Å²) in [5, 5.41) is 11.0. The van der Waals surface area contributed by atoms with Crippen LogP contribution in [-0.2, 0) is 6.18 Å². The zero-order chi connectivity index (χ0) is 13.2. The van der Waals surface area contributed by atoms with E-state index in [2.05, 4.69) is 5.16 Å². The third kappa shape index (κ3) is 2.80. The van der Waals surface area contributed by atoms with E-state index in [1.807, 2.05) is 0 Å². The van der Waals surface area contributed by atoms with Crippen molar-refractivity contribution in [2.75, 3.05) is 19.0 Å². The smallest absolute Gasteiger partial charge is 0.409 e. The molecule has 4 nitrogen and oxygen atoms in total. The molecule has 1 aromatic rings. The Hall–Kier alpha value is -1.92. The first-order chi connectivity index (χ1) is 7.77. The summed E-state index contributed by atoms with van der Waals surface area (Å²) in [5.74, 6) is -0.567. The van der Waals surface area contributed by atoms with Crippen molar-refractivity contribution in [3.05, 3.63) is 29.3 Å². The number of rotatable bonds is 2. The monoisotopic (exact) mass is 247 g/mol. The van der Waals surface area contributed by atoms with E-state index in [1.165, 1.54) is 17.0 Å². The Bertz CT molecular complexity index is 441. The zero-order valence-electron chi connectivity index (χ0n) is 9.28. The maximum atomic E-state index is 12.8. The highest BCUT2D eigenvalue weighted by Gasteiger charge is 2.34. The van der Waals surface area contributed by atoms with Crippen LogP contribution >= 0.6 is 0 Å². The van der Waals surface area contributed by atoms with Gasteiger partial charge in [-0.05, 0) is 18.2 Å². The molecule has 0 saturated carbocycles. The topological polar surface area (TPSA) is 61.8 Å². The van der Waals surface area contributed by atoms with Crippen molar-refractivity contribution < 1.29 is 18.4 Å². The van der Waals surface area contributed by atoms with Gasteiger partial charge in [-0.15, -0.1) is 0 Å². The second kappa shape index (κ2) is 4.52. The van der Waals surface area contributed by atoms with Gasteiger partial charge in [0.1, 0.15) is 0 Å². The quantitative estimate of drug-likeness (QED) is 0.363. The standard InChI is InChI=1S/C10H12F3N3O/c1-16(2)6-3-4-7(9(14)15-17)8(5-6)10(11,12)13/h3-5,17H,1-2H3,(H2,14,15). The molecule has 0 fully saturated rings. The van der Waals surface area contributed by atoms with Crippen LogP contribution in [0.3, 0.4) is 0 Å². The number of benzene rings is 1. The van der Waals surface area contributed by atoms with Crippen molar-refractivity contribution in [2.45, 2.75) is 6.18 Å². The number of alkyl halides is 3. The molecule has 0 spiro atoms. The maximum Gasteiger partial charge on any atom is 0.417 e. The first kappa shape index (κ1) is 13.1. The number of halogens is 3. The van der Waals surface area contributed by atoms with Crippen molar-refractivity contribution >= 4 is 11.5 Å². The molecular formula is C10H12F3N3O. The Morgan fingerprint density at radius 1 is 1.35 bits per heavy atom. The fraction of sp³-hybridized carbons (Fsp3) is 0.300. The van der Waals surface area contributed by atoms with Crippen LogP contribution in [0.5, 0.6) is 0 Å². The molecule has 3 N–H and O–H groups in total. The average Bonchev–Trinajstić information content (AvgIpc) is 2.26. The fourth-order valence-electron chi connectivity index (χ4n) is 1.32. The van der Waals surface area contributed by atoms with Gasteiger partial charge < -0.3 is 15.8 Å². The third-order valence-electron chi connectivity index (χ3n) is 2.21. The molecule has 0 aromatic heterocycles. The Labute approximate surface area is 96.1 Å². The molecule has 1 rings (SSSR count). The summed E-state index contributed by atoms with van der Waals surface area (Å²) < 4.78 is 38.3. The van der Waals surface area contributed by atoms with Crippen LogP contribution in [0.25, 0.3) is 0 Å². The second-order valence-electron chi connectivity index (χ2n) is 3.61. The molecule has 0 bridgehead atoms. The van der Waals surface area contributed by atoms with Crippen molar-refractivity contribution in [1.82, 2.24) is 0 Å². The van der Waals surface area contributed by atoms with Crippen molar-refractivity contribution in [3.63, 3.8) is 0 Å². The lowest BCUT2D eigenvalue weighted by molar-refractivity contribution is -0.137. The molecule has 0 amide bonds. The minimum Gasteiger partial charge on any atom is -0.409 e. The van der Waals surface area contributed by atoms with E-state index >= 15 is 0 Å². The van der Waals surface area contributed by atoms with Gasteiger partial charge in [0, 0.05) is 25.3 Å². The Kier molecular flexibility index (Phi) is 3.50. The normalized spacial score (nSPS) is 12.6. The predicted octanol–water partition coefficient (Wildman–Crippen LogP) is 1.87. The number of hydrogen-bond acceptors (Lipinski definition) is 3. The zero-order valence-corrected chi connectivity index (χ0v) is 9.28. The van der Waals surface area contributed by atoms with Crippen LogP contribution in [0.4, 0.5) is 18.9 Å². The lowest BCUT2D eigenvalue weighted by atomic mass is 10.0. The lowest BCUT2D eigenvalue weighted by Crippen LogP contribution is -2.21. The largest absolute Gasteiger partial charge is 0.417 e. The molecule has 7 heteroatoms. The highest BCUT2D eigenvalue weighted by molar-refractivity contribution is 5.99. The van der Waals surface area contributed by atoms with E-state index in [-0.39, 0.29) is 5.56 Å². The molecular weight excluding hydrogens is 235 g/mol. The van der Waals surface area contributed by atoms with E-state index in [1.54, 1.807) is 14.1 Å². The van der Waals surface area contributed by atoms with Gasteiger partial charge in [0.25, 0.3) is 0 Å². The van der Waals surface area contributed by atoms with Gasteiger partial charge >= 0.3 is 6.18 Å². The average molecular weight is 247 g/mol. The molecule has 17 heavy (non-hydrogen) atoms. The van der Waals surface area contributed by atoms with Gasteiger partial charge in [-0.3, -0.25) is 0 Å². The molecule has 94 valence electrons. The highest BCUT2D eigenvalue weighted by atomic mass is 19.4. The molecule has 0 saturated heterocycles. The van der Waals surface area contributed by atoms with E-state index in [4.69, 9.17) is 10.9 Å². The number of oxime groups is 1. The molecule has 0 aliphatic heterocycles. The predicted molar refractivity (Wildman–Crippen MR) is 58.3 cm³/mol. The minimum atomic E-state index is -4.56. The second-order valence-corrected chi connectivity index (χ2v) is 3.61. The molecule has 0 aliphatic carbocycles. The number of hydrogen-bond donors (Lipinski definition) is 2. The van der Waals surface area contributed by atoms with Crippen molar-refractivity contribution in [1.29, 1.82) is 0 Å². The third-order valence-corrected chi connectivity index (χ3v) is 2.21. The van der Waals surface area contributed by atoms with Gasteiger partial charge in [0.2, 0.25) is 0 Å². The summed E-state index contributed by atoms with van der Waals surface area (Å²) in [6.07, 6.45) is -4.56. The summed E-state index contributed by atoms with van der Waals surface area (Å²) in [7, 11) is 3.25. The lowest BCUT2D eigenvalue weighted by Gasteiger charge is -2.17. The Morgan fingerprint density at radius 3 is 2.35 bits per heavy atom. The van der Waals surface area contributed by atoms with Crippen LogP contribution < -0.4 is 10.6 Å². The van der Waals surface area contributed by atoms with E-state index in [0.29, 0.717) is 5.69 Å². The summed E-state index contributed by atoms with van der Waals surface area (Å²) in [5.41, 5.74) is 4.31. The van der Waals surface area contributed by atoms with Crippen LogP contribution in [0.2, 0.25) is 0 Å².